The quantitative estimate of drug-likeness (QED) is 0.587. The van der Waals surface area contributed by atoms with Gasteiger partial charge in [0.05, 0.1) is 0 Å². The van der Waals surface area contributed by atoms with Crippen LogP contribution >= 0.6 is 0 Å². The van der Waals surface area contributed by atoms with Gasteiger partial charge in [-0.15, -0.1) is 0 Å². The molecule has 25 heavy (non-hydrogen) atoms. The number of hydrogen-bond donors (Lipinski definition) is 0. The Kier molecular flexibility index (Phi) is 3.67. The molecule has 0 aromatic carbocycles. The maximum Gasteiger partial charge on any atom is 0.331 e. The van der Waals surface area contributed by atoms with E-state index in [1.807, 2.05) is 6.08 Å². The summed E-state index contributed by atoms with van der Waals surface area (Å²) < 4.78 is 5.26. The third kappa shape index (κ3) is 2.24. The third-order valence-electron chi connectivity index (χ3n) is 9.72. The van der Waals surface area contributed by atoms with Crippen LogP contribution in [0.5, 0.6) is 0 Å². The highest BCUT2D eigenvalue weighted by Gasteiger charge is 2.60. The lowest BCUT2D eigenvalue weighted by atomic mass is 9.44. The lowest BCUT2D eigenvalue weighted by Crippen LogP contribution is -2.52. The summed E-state index contributed by atoms with van der Waals surface area (Å²) >= 11 is 0. The number of carbonyl (C=O) groups excluding carboxylic acids is 1. The second-order valence-corrected chi connectivity index (χ2v) is 10.4. The van der Waals surface area contributed by atoms with E-state index in [0.717, 1.165) is 23.7 Å². The molecule has 4 saturated carbocycles. The van der Waals surface area contributed by atoms with E-state index < -0.39 is 0 Å². The van der Waals surface area contributed by atoms with Crippen molar-refractivity contribution >= 4 is 5.97 Å². The molecule has 2 heteroatoms. The zero-order chi connectivity index (χ0) is 17.2. The number of carbonyl (C=O) groups is 1. The SMILES string of the molecule is C[C@]12CC[C@H]3[C@@H](CCC4CCCC[C@@]43C)[C@H]1CC[C@H]2C1=CC(=O)OC1. The van der Waals surface area contributed by atoms with Crippen molar-refractivity contribution < 1.29 is 9.53 Å². The highest BCUT2D eigenvalue weighted by atomic mass is 16.5. The topological polar surface area (TPSA) is 26.3 Å². The second kappa shape index (κ2) is 5.60. The van der Waals surface area contributed by atoms with Gasteiger partial charge in [-0.25, -0.2) is 4.79 Å². The van der Waals surface area contributed by atoms with Gasteiger partial charge in [0.2, 0.25) is 0 Å². The fourth-order valence-corrected chi connectivity index (χ4v) is 8.49. The lowest BCUT2D eigenvalue weighted by Gasteiger charge is -2.60. The van der Waals surface area contributed by atoms with E-state index in [2.05, 4.69) is 13.8 Å². The Morgan fingerprint density at radius 2 is 1.76 bits per heavy atom. The maximum absolute atomic E-state index is 11.6. The molecule has 0 amide bonds. The van der Waals surface area contributed by atoms with Gasteiger partial charge in [0.1, 0.15) is 6.61 Å². The molecule has 7 atom stereocenters. The molecule has 1 heterocycles. The summed E-state index contributed by atoms with van der Waals surface area (Å²) in [6, 6.07) is 0. The second-order valence-electron chi connectivity index (χ2n) is 10.4. The van der Waals surface area contributed by atoms with Gasteiger partial charge in [-0.3, -0.25) is 0 Å². The lowest BCUT2D eigenvalue weighted by molar-refractivity contribution is -0.135. The molecular formula is C23H34O2. The molecular weight excluding hydrogens is 308 g/mol. The first-order valence-corrected chi connectivity index (χ1v) is 10.9. The first kappa shape index (κ1) is 16.4. The van der Waals surface area contributed by atoms with Crippen LogP contribution in [-0.2, 0) is 9.53 Å². The smallest absolute Gasteiger partial charge is 0.331 e. The molecule has 0 spiro atoms. The Hall–Kier alpha value is -0.790. The average Bonchev–Trinajstić information content (AvgIpc) is 3.16. The van der Waals surface area contributed by atoms with E-state index in [0.29, 0.717) is 23.4 Å². The molecule has 0 bridgehead atoms. The first-order valence-electron chi connectivity index (χ1n) is 10.9. The standard InChI is InChI=1S/C23H34O2/c1-22-11-4-3-5-16(22)6-7-17-19-9-8-18(15-13-21(24)25-14-15)23(19,2)12-10-20(17)22/h13,16-20H,3-12,14H2,1-2H3/t16?,17-,18-,19+,20-,22-,23+/m0/s1. The summed E-state index contributed by atoms with van der Waals surface area (Å²) in [6.07, 6.45) is 16.2. The summed E-state index contributed by atoms with van der Waals surface area (Å²) in [5.74, 6) is 4.30. The van der Waals surface area contributed by atoms with E-state index >= 15 is 0 Å². The summed E-state index contributed by atoms with van der Waals surface area (Å²) in [5.41, 5.74) is 2.36. The Labute approximate surface area is 152 Å². The van der Waals surface area contributed by atoms with Crippen LogP contribution in [0.4, 0.5) is 0 Å². The van der Waals surface area contributed by atoms with Crippen molar-refractivity contribution in [3.63, 3.8) is 0 Å². The molecule has 5 rings (SSSR count). The van der Waals surface area contributed by atoms with E-state index in [4.69, 9.17) is 4.74 Å². The number of esters is 1. The van der Waals surface area contributed by atoms with E-state index in [1.165, 1.54) is 69.8 Å². The molecule has 138 valence electrons. The Balaban J connectivity index is 1.43. The number of ether oxygens (including phenoxy) is 1. The van der Waals surface area contributed by atoms with Gasteiger partial charge >= 0.3 is 5.97 Å². The summed E-state index contributed by atoms with van der Waals surface area (Å²) in [6.45, 7) is 5.79. The summed E-state index contributed by atoms with van der Waals surface area (Å²) in [7, 11) is 0. The molecule has 4 fully saturated rings. The van der Waals surface area contributed by atoms with Gasteiger partial charge in [-0.1, -0.05) is 26.7 Å². The minimum absolute atomic E-state index is 0.106. The first-order chi connectivity index (χ1) is 12.0. The van der Waals surface area contributed by atoms with Crippen LogP contribution in [0.1, 0.15) is 78.1 Å². The zero-order valence-corrected chi connectivity index (χ0v) is 16.1. The van der Waals surface area contributed by atoms with Gasteiger partial charge in [0, 0.05) is 6.08 Å². The summed E-state index contributed by atoms with van der Waals surface area (Å²) in [5, 5.41) is 0. The van der Waals surface area contributed by atoms with Crippen molar-refractivity contribution in [2.75, 3.05) is 6.61 Å². The number of hydrogen-bond acceptors (Lipinski definition) is 2. The fraction of sp³-hybridized carbons (Fsp3) is 0.870. The molecule has 1 aliphatic heterocycles. The Morgan fingerprint density at radius 1 is 0.920 bits per heavy atom. The molecule has 5 aliphatic rings. The normalized spacial score (nSPS) is 52.0. The van der Waals surface area contributed by atoms with Crippen molar-refractivity contribution in [3.05, 3.63) is 11.6 Å². The van der Waals surface area contributed by atoms with Crippen molar-refractivity contribution in [3.8, 4) is 0 Å². The van der Waals surface area contributed by atoms with Crippen LogP contribution in [0, 0.1) is 40.4 Å². The molecule has 0 aromatic heterocycles. The minimum Gasteiger partial charge on any atom is -0.458 e. The molecule has 0 aromatic rings. The molecule has 0 radical (unpaired) electrons. The van der Waals surface area contributed by atoms with E-state index in [9.17, 15) is 4.79 Å². The van der Waals surface area contributed by atoms with Gasteiger partial charge in [-0.2, -0.15) is 0 Å². The maximum atomic E-state index is 11.6. The van der Waals surface area contributed by atoms with Crippen molar-refractivity contribution in [1.29, 1.82) is 0 Å². The molecule has 2 nitrogen and oxygen atoms in total. The van der Waals surface area contributed by atoms with Gasteiger partial charge in [-0.05, 0) is 97.4 Å². The Bertz CT molecular complexity index is 607. The van der Waals surface area contributed by atoms with Crippen LogP contribution in [0.3, 0.4) is 0 Å². The number of fused-ring (bicyclic) bond motifs is 5. The molecule has 0 saturated heterocycles. The van der Waals surface area contributed by atoms with Crippen LogP contribution in [0.2, 0.25) is 0 Å². The number of rotatable bonds is 1. The van der Waals surface area contributed by atoms with Crippen LogP contribution < -0.4 is 0 Å². The molecule has 1 unspecified atom stereocenters. The van der Waals surface area contributed by atoms with E-state index in [1.54, 1.807) is 0 Å². The predicted molar refractivity (Wildman–Crippen MR) is 98.9 cm³/mol. The monoisotopic (exact) mass is 342 g/mol. The van der Waals surface area contributed by atoms with Crippen molar-refractivity contribution in [2.45, 2.75) is 78.1 Å². The average molecular weight is 343 g/mol. The molecule has 4 aliphatic carbocycles. The summed E-state index contributed by atoms with van der Waals surface area (Å²) in [4.78, 5) is 11.6. The largest absolute Gasteiger partial charge is 0.458 e. The fourth-order valence-electron chi connectivity index (χ4n) is 8.49. The van der Waals surface area contributed by atoms with Crippen LogP contribution in [0.15, 0.2) is 11.6 Å². The van der Waals surface area contributed by atoms with Gasteiger partial charge in [0.25, 0.3) is 0 Å². The van der Waals surface area contributed by atoms with Crippen molar-refractivity contribution in [1.82, 2.24) is 0 Å². The molecule has 0 N–H and O–H groups in total. The van der Waals surface area contributed by atoms with E-state index in [-0.39, 0.29) is 5.97 Å². The van der Waals surface area contributed by atoms with Crippen molar-refractivity contribution in [2.24, 2.45) is 40.4 Å². The highest BCUT2D eigenvalue weighted by Crippen LogP contribution is 2.68. The minimum atomic E-state index is -0.106. The highest BCUT2D eigenvalue weighted by molar-refractivity contribution is 5.85. The van der Waals surface area contributed by atoms with Gasteiger partial charge < -0.3 is 4.74 Å². The number of cyclic esters (lactones) is 1. The zero-order valence-electron chi connectivity index (χ0n) is 16.1. The third-order valence-corrected chi connectivity index (χ3v) is 9.72. The van der Waals surface area contributed by atoms with Crippen LogP contribution in [0.25, 0.3) is 0 Å². The van der Waals surface area contributed by atoms with Crippen LogP contribution in [-0.4, -0.2) is 12.6 Å². The van der Waals surface area contributed by atoms with Gasteiger partial charge in [0.15, 0.2) is 0 Å². The predicted octanol–water partition coefficient (Wildman–Crippen LogP) is 5.52. The Morgan fingerprint density at radius 3 is 2.56 bits per heavy atom.